The number of halogens is 2. The van der Waals surface area contributed by atoms with Crippen LogP contribution in [-0.2, 0) is 0 Å². The van der Waals surface area contributed by atoms with Crippen LogP contribution < -0.4 is 0 Å². The maximum absolute atomic E-state index is 9.10. The first-order valence-corrected chi connectivity index (χ1v) is 6.15. The second-order valence-corrected chi connectivity index (χ2v) is 4.68. The third kappa shape index (κ3) is 2.91. The number of hydrogen-bond donors (Lipinski definition) is 0. The summed E-state index contributed by atoms with van der Waals surface area (Å²) in [6, 6.07) is 7.18. The predicted molar refractivity (Wildman–Crippen MR) is 70.0 cm³/mol. The summed E-state index contributed by atoms with van der Waals surface area (Å²) in [6.45, 7) is 1.77. The van der Waals surface area contributed by atoms with Gasteiger partial charge < -0.3 is 4.90 Å². The number of benzene rings is 1. The Morgan fingerprint density at radius 1 is 1.29 bits per heavy atom. The lowest BCUT2D eigenvalue weighted by Gasteiger charge is -2.14. The molecule has 1 fully saturated rings. The maximum atomic E-state index is 9.10. The highest BCUT2D eigenvalue weighted by Gasteiger charge is 2.16. The van der Waals surface area contributed by atoms with E-state index in [4.69, 9.17) is 28.5 Å². The van der Waals surface area contributed by atoms with Crippen LogP contribution in [0.2, 0.25) is 10.0 Å². The van der Waals surface area contributed by atoms with Crippen LogP contribution in [0.1, 0.15) is 12.8 Å². The van der Waals surface area contributed by atoms with Gasteiger partial charge in [0.1, 0.15) is 6.07 Å². The third-order valence-corrected chi connectivity index (χ3v) is 3.18. The first-order chi connectivity index (χ1) is 8.20. The summed E-state index contributed by atoms with van der Waals surface area (Å²) in [4.78, 5) is 6.27. The van der Waals surface area contributed by atoms with Gasteiger partial charge in [0.2, 0.25) is 5.84 Å². The molecule has 0 aromatic heterocycles. The van der Waals surface area contributed by atoms with Crippen molar-refractivity contribution in [2.75, 3.05) is 13.1 Å². The molecule has 1 aliphatic heterocycles. The van der Waals surface area contributed by atoms with Gasteiger partial charge in [-0.2, -0.15) is 5.26 Å². The van der Waals surface area contributed by atoms with Gasteiger partial charge >= 0.3 is 0 Å². The van der Waals surface area contributed by atoms with E-state index < -0.39 is 0 Å². The number of nitrogens with zero attached hydrogens (tertiary/aromatic N) is 3. The zero-order valence-electron chi connectivity index (χ0n) is 9.16. The summed E-state index contributed by atoms with van der Waals surface area (Å²) in [7, 11) is 0. The molecule has 0 aliphatic carbocycles. The molecular formula is C12H11Cl2N3. The van der Waals surface area contributed by atoms with E-state index in [1.54, 1.807) is 18.2 Å². The van der Waals surface area contributed by atoms with E-state index in [0.29, 0.717) is 21.6 Å². The van der Waals surface area contributed by atoms with Gasteiger partial charge in [-0.3, -0.25) is 0 Å². The SMILES string of the molecule is N#CC(=Nc1ccc(Cl)cc1Cl)N1CCCC1. The fraction of sp³-hybridized carbons (Fsp3) is 0.333. The molecule has 1 aromatic carbocycles. The van der Waals surface area contributed by atoms with Crippen LogP contribution in [0, 0.1) is 11.3 Å². The Morgan fingerprint density at radius 2 is 2.00 bits per heavy atom. The van der Waals surface area contributed by atoms with Crippen molar-refractivity contribution in [1.82, 2.24) is 4.90 Å². The average molecular weight is 268 g/mol. The summed E-state index contributed by atoms with van der Waals surface area (Å²) in [6.07, 6.45) is 2.21. The van der Waals surface area contributed by atoms with Crippen LogP contribution in [0.3, 0.4) is 0 Å². The molecule has 5 heteroatoms. The monoisotopic (exact) mass is 267 g/mol. The van der Waals surface area contributed by atoms with Crippen LogP contribution in [0.25, 0.3) is 0 Å². The van der Waals surface area contributed by atoms with Gasteiger partial charge in [0.05, 0.1) is 10.7 Å². The van der Waals surface area contributed by atoms with Crippen molar-refractivity contribution in [2.24, 2.45) is 4.99 Å². The summed E-state index contributed by atoms with van der Waals surface area (Å²) < 4.78 is 0. The number of rotatable bonds is 1. The lowest BCUT2D eigenvalue weighted by atomic mass is 10.3. The normalized spacial score (nSPS) is 16.1. The van der Waals surface area contributed by atoms with Crippen molar-refractivity contribution < 1.29 is 0 Å². The van der Waals surface area contributed by atoms with Gasteiger partial charge in [-0.25, -0.2) is 4.99 Å². The van der Waals surface area contributed by atoms with Crippen molar-refractivity contribution in [3.05, 3.63) is 28.2 Å². The third-order valence-electron chi connectivity index (χ3n) is 2.64. The fourth-order valence-corrected chi connectivity index (χ4v) is 2.23. The summed E-state index contributed by atoms with van der Waals surface area (Å²) in [5.74, 6) is 0.423. The van der Waals surface area contributed by atoms with Crippen LogP contribution in [-0.4, -0.2) is 23.8 Å². The van der Waals surface area contributed by atoms with Gasteiger partial charge in [-0.15, -0.1) is 0 Å². The molecule has 0 spiro atoms. The van der Waals surface area contributed by atoms with Crippen LogP contribution in [0.15, 0.2) is 23.2 Å². The number of amidine groups is 1. The number of hydrogen-bond acceptors (Lipinski definition) is 2. The van der Waals surface area contributed by atoms with Gasteiger partial charge in [-0.05, 0) is 31.0 Å². The van der Waals surface area contributed by atoms with E-state index in [2.05, 4.69) is 11.1 Å². The van der Waals surface area contributed by atoms with Gasteiger partial charge in [0.15, 0.2) is 0 Å². The molecule has 0 N–H and O–H groups in total. The largest absolute Gasteiger partial charge is 0.348 e. The minimum absolute atomic E-state index is 0.423. The molecule has 1 saturated heterocycles. The zero-order valence-corrected chi connectivity index (χ0v) is 10.7. The lowest BCUT2D eigenvalue weighted by Crippen LogP contribution is -2.26. The molecule has 0 amide bonds. The molecule has 2 rings (SSSR count). The molecule has 88 valence electrons. The molecule has 0 atom stereocenters. The van der Waals surface area contributed by atoms with E-state index in [-0.39, 0.29) is 0 Å². The quantitative estimate of drug-likeness (QED) is 0.576. The van der Waals surface area contributed by atoms with Crippen molar-refractivity contribution in [3.63, 3.8) is 0 Å². The topological polar surface area (TPSA) is 39.4 Å². The van der Waals surface area contributed by atoms with E-state index in [9.17, 15) is 0 Å². The Balaban J connectivity index is 2.29. The van der Waals surface area contributed by atoms with Crippen molar-refractivity contribution >= 4 is 34.7 Å². The summed E-state index contributed by atoms with van der Waals surface area (Å²) in [5, 5.41) is 10.1. The van der Waals surface area contributed by atoms with Crippen molar-refractivity contribution in [3.8, 4) is 6.07 Å². The molecule has 0 saturated carbocycles. The van der Waals surface area contributed by atoms with Gasteiger partial charge in [-0.1, -0.05) is 23.2 Å². The van der Waals surface area contributed by atoms with Crippen LogP contribution in [0.4, 0.5) is 5.69 Å². The lowest BCUT2D eigenvalue weighted by molar-refractivity contribution is 0.524. The molecular weight excluding hydrogens is 257 g/mol. The first kappa shape index (κ1) is 12.2. The van der Waals surface area contributed by atoms with Crippen LogP contribution >= 0.6 is 23.2 Å². The Morgan fingerprint density at radius 3 is 2.59 bits per heavy atom. The molecule has 0 radical (unpaired) electrons. The smallest absolute Gasteiger partial charge is 0.209 e. The van der Waals surface area contributed by atoms with Crippen molar-refractivity contribution in [1.29, 1.82) is 5.26 Å². The second-order valence-electron chi connectivity index (χ2n) is 3.84. The zero-order chi connectivity index (χ0) is 12.3. The Labute approximate surface area is 110 Å². The predicted octanol–water partition coefficient (Wildman–Crippen LogP) is 3.64. The van der Waals surface area contributed by atoms with Crippen molar-refractivity contribution in [2.45, 2.75) is 12.8 Å². The standard InChI is InChI=1S/C12H11Cl2N3/c13-9-3-4-11(10(14)7-9)16-12(8-15)17-5-1-2-6-17/h3-4,7H,1-2,5-6H2. The van der Waals surface area contributed by atoms with E-state index in [1.165, 1.54) is 0 Å². The second kappa shape index (κ2) is 5.39. The van der Waals surface area contributed by atoms with E-state index >= 15 is 0 Å². The van der Waals surface area contributed by atoms with E-state index in [1.807, 2.05) is 4.90 Å². The number of likely N-dealkylation sites (tertiary alicyclic amines) is 1. The highest BCUT2D eigenvalue weighted by atomic mass is 35.5. The minimum Gasteiger partial charge on any atom is -0.348 e. The number of aliphatic imine (C=N–C) groups is 1. The first-order valence-electron chi connectivity index (χ1n) is 5.39. The van der Waals surface area contributed by atoms with Gasteiger partial charge in [0.25, 0.3) is 0 Å². The maximum Gasteiger partial charge on any atom is 0.209 e. The molecule has 1 heterocycles. The minimum atomic E-state index is 0.423. The average Bonchev–Trinajstić information content (AvgIpc) is 2.81. The molecule has 1 aliphatic rings. The highest BCUT2D eigenvalue weighted by molar-refractivity contribution is 6.36. The van der Waals surface area contributed by atoms with Gasteiger partial charge in [0, 0.05) is 18.1 Å². The number of nitriles is 1. The fourth-order valence-electron chi connectivity index (χ4n) is 1.78. The molecule has 1 aromatic rings. The summed E-state index contributed by atoms with van der Waals surface area (Å²) >= 11 is 11.8. The molecule has 0 unspecified atom stereocenters. The molecule has 17 heavy (non-hydrogen) atoms. The summed E-state index contributed by atoms with van der Waals surface area (Å²) in [5.41, 5.74) is 0.583. The molecule has 3 nitrogen and oxygen atoms in total. The van der Waals surface area contributed by atoms with Crippen LogP contribution in [0.5, 0.6) is 0 Å². The Kier molecular flexibility index (Phi) is 3.88. The van der Waals surface area contributed by atoms with E-state index in [0.717, 1.165) is 25.9 Å². The Hall–Kier alpha value is -1.24. The Bertz CT molecular complexity index is 485. The molecule has 0 bridgehead atoms. The highest BCUT2D eigenvalue weighted by Crippen LogP contribution is 2.28.